The van der Waals surface area contributed by atoms with Crippen LogP contribution in [0.2, 0.25) is 0 Å². The Kier molecular flexibility index (Phi) is 16.2. The molecular weight excluding hydrogens is 1000 g/mol. The Labute approximate surface area is 443 Å². The minimum atomic E-state index is -0.833. The third-order valence-corrected chi connectivity index (χ3v) is 12.2. The number of imidazole rings is 2. The molecule has 0 spiro atoms. The molecule has 12 rings (SSSR count). The highest BCUT2D eigenvalue weighted by Gasteiger charge is 2.45. The van der Waals surface area contributed by atoms with Crippen LogP contribution in [0.15, 0.2) is 120 Å². The molecule has 78 heavy (non-hydrogen) atoms. The Morgan fingerprint density at radius 3 is 1.49 bits per heavy atom. The Balaban J connectivity index is 0.000000154. The molecule has 398 valence electrons. The van der Waals surface area contributed by atoms with E-state index in [1.165, 1.54) is 5.56 Å². The summed E-state index contributed by atoms with van der Waals surface area (Å²) in [6.45, 7) is 6.42. The summed E-state index contributed by atoms with van der Waals surface area (Å²) in [7, 11) is 0. The number of H-pyrrole nitrogens is 4. The van der Waals surface area contributed by atoms with Crippen LogP contribution < -0.4 is 21.5 Å². The Morgan fingerprint density at radius 2 is 1.09 bits per heavy atom. The summed E-state index contributed by atoms with van der Waals surface area (Å²) in [4.78, 5) is 108. The molecule has 0 bridgehead atoms. The fraction of sp³-hybridized carbons (Fsp3) is 0.200. The van der Waals surface area contributed by atoms with Crippen molar-refractivity contribution in [2.24, 2.45) is 22.0 Å². The molecule has 0 saturated heterocycles. The number of aldehydes is 2. The van der Waals surface area contributed by atoms with Gasteiger partial charge in [-0.1, -0.05) is 60.7 Å². The number of benzene rings is 4. The van der Waals surface area contributed by atoms with E-state index in [0.29, 0.717) is 50.7 Å². The topological polar surface area (TPSA) is 348 Å². The highest BCUT2D eigenvalue weighted by atomic mass is 16.6. The zero-order valence-electron chi connectivity index (χ0n) is 42.3. The molecule has 23 nitrogen and oxygen atoms in total. The highest BCUT2D eigenvalue weighted by molar-refractivity contribution is 6.19. The van der Waals surface area contributed by atoms with Crippen LogP contribution in [-0.4, -0.2) is 106 Å². The van der Waals surface area contributed by atoms with Gasteiger partial charge in [0, 0.05) is 81.9 Å². The van der Waals surface area contributed by atoms with E-state index in [4.69, 9.17) is 29.3 Å². The standard InChI is InChI=1S/C23H18N6O2.C18H18N6O3.C10H10O2.C2H4O2.C2H2O2/c30-22(15-10-14(15)12-4-2-1-3-5-12)27-13-8-16-19-17(11-26-29-23(16)31)20(28-18(19)9-13)21-24-6-7-25-21;1-18(2,3)27-17(26)22-9-6-10-13-11(8-21-24-16(10)25)14(23-12(13)7-9)15-19-4-5-20-15;11-10(12)9-6-8(9)7-4-2-1-3-5-7;1-2(3)4;3-1-2-4/h1-9,11,14-15,28H,10H2,(H,24,25)(H,27,30)(H,29,31);4-8,23H,1-3H3,(H,19,20)(H,22,26)(H,24,25);1-5,8-9H,6H2,(H,11,12);1H3,(H,3,4);1-2H/t14-,15?;;8-,9?;;/m0.0../s1. The summed E-state index contributed by atoms with van der Waals surface area (Å²) in [6, 6.07) is 26.8. The van der Waals surface area contributed by atoms with Crippen molar-refractivity contribution in [1.82, 2.24) is 40.8 Å². The van der Waals surface area contributed by atoms with E-state index in [-0.39, 0.29) is 54.0 Å². The average molecular weight is 1060 g/mol. The van der Waals surface area contributed by atoms with E-state index in [1.807, 2.05) is 54.6 Å². The molecule has 0 radical (unpaired) electrons. The number of anilines is 2. The summed E-state index contributed by atoms with van der Waals surface area (Å²) < 4.78 is 5.28. The molecule has 2 aliphatic carbocycles. The van der Waals surface area contributed by atoms with E-state index in [1.54, 1.807) is 76.2 Å². The minimum Gasteiger partial charge on any atom is -0.481 e. The minimum absolute atomic E-state index is 0.0382. The molecule has 2 fully saturated rings. The number of amides is 4. The van der Waals surface area contributed by atoms with Crippen molar-refractivity contribution < 1.29 is 53.3 Å². The molecule has 2 aliphatic heterocycles. The second kappa shape index (κ2) is 23.5. The number of carbonyl (C=O) groups is 8. The fourth-order valence-electron chi connectivity index (χ4n) is 8.83. The maximum absolute atomic E-state index is 12.9. The summed E-state index contributed by atoms with van der Waals surface area (Å²) in [6.07, 6.45) is 11.4. The van der Waals surface area contributed by atoms with Gasteiger partial charge in [-0.2, -0.15) is 10.2 Å². The van der Waals surface area contributed by atoms with Gasteiger partial charge in [0.15, 0.2) is 24.2 Å². The zero-order chi connectivity index (χ0) is 55.7. The number of hydrazone groups is 2. The predicted molar refractivity (Wildman–Crippen MR) is 288 cm³/mol. The summed E-state index contributed by atoms with van der Waals surface area (Å²) >= 11 is 0. The smallest absolute Gasteiger partial charge is 0.412 e. The van der Waals surface area contributed by atoms with E-state index in [9.17, 15) is 24.0 Å². The van der Waals surface area contributed by atoms with Crippen molar-refractivity contribution in [2.75, 3.05) is 10.6 Å². The molecule has 4 aromatic carbocycles. The van der Waals surface area contributed by atoms with Gasteiger partial charge in [0.2, 0.25) is 5.91 Å². The number of hydrogen-bond donors (Lipinski definition) is 10. The van der Waals surface area contributed by atoms with E-state index in [0.717, 1.165) is 53.1 Å². The van der Waals surface area contributed by atoms with Gasteiger partial charge in [0.05, 0.1) is 40.9 Å². The maximum atomic E-state index is 12.9. The number of aliphatic carboxylic acids is 2. The summed E-state index contributed by atoms with van der Waals surface area (Å²) in [5, 5.41) is 31.2. The number of nitrogens with one attached hydrogen (secondary N) is 8. The molecule has 23 heteroatoms. The van der Waals surface area contributed by atoms with Gasteiger partial charge in [-0.3, -0.25) is 38.9 Å². The van der Waals surface area contributed by atoms with Crippen LogP contribution in [0, 0.1) is 11.8 Å². The summed E-state index contributed by atoms with van der Waals surface area (Å²) in [5.74, 6) is -0.647. The second-order valence-electron chi connectivity index (χ2n) is 19.0. The molecule has 2 unspecified atom stereocenters. The maximum Gasteiger partial charge on any atom is 0.412 e. The van der Waals surface area contributed by atoms with Crippen molar-refractivity contribution in [1.29, 1.82) is 0 Å². The number of rotatable bonds is 9. The molecule has 4 amide bonds. The quantitative estimate of drug-likeness (QED) is 0.0490. The van der Waals surface area contributed by atoms with Crippen molar-refractivity contribution in [3.05, 3.63) is 143 Å². The van der Waals surface area contributed by atoms with E-state index >= 15 is 0 Å². The molecule has 6 heterocycles. The lowest BCUT2D eigenvalue weighted by molar-refractivity contribution is -0.138. The molecule has 4 aliphatic rings. The lowest BCUT2D eigenvalue weighted by Gasteiger charge is -2.19. The predicted octanol–water partition coefficient (Wildman–Crippen LogP) is 7.71. The molecule has 8 aromatic rings. The average Bonchev–Trinajstić information content (AvgIpc) is 4.34. The number of carboxylic acids is 2. The summed E-state index contributed by atoms with van der Waals surface area (Å²) in [5.41, 5.74) is 12.9. The first-order valence-corrected chi connectivity index (χ1v) is 24.2. The van der Waals surface area contributed by atoms with Gasteiger partial charge < -0.3 is 40.2 Å². The number of carboxylic acid groups (broad SMARTS) is 2. The number of hydrogen-bond acceptors (Lipinski definition) is 13. The third-order valence-electron chi connectivity index (χ3n) is 12.2. The van der Waals surface area contributed by atoms with E-state index in [2.05, 4.69) is 73.7 Å². The van der Waals surface area contributed by atoms with Gasteiger partial charge in [0.25, 0.3) is 17.8 Å². The van der Waals surface area contributed by atoms with Crippen LogP contribution in [0.25, 0.3) is 44.8 Å². The Morgan fingerprint density at radius 1 is 0.654 bits per heavy atom. The number of carbonyl (C=O) groups excluding carboxylic acids is 6. The Bertz CT molecular complexity index is 3590. The van der Waals surface area contributed by atoms with Crippen LogP contribution in [0.1, 0.15) is 95.3 Å². The zero-order valence-corrected chi connectivity index (χ0v) is 42.3. The normalized spacial score (nSPS) is 16.9. The lowest BCUT2D eigenvalue weighted by atomic mass is 10.0. The molecule has 4 aromatic heterocycles. The van der Waals surface area contributed by atoms with Crippen molar-refractivity contribution in [3.63, 3.8) is 0 Å². The second-order valence-corrected chi connectivity index (χ2v) is 19.0. The van der Waals surface area contributed by atoms with Crippen molar-refractivity contribution in [3.8, 4) is 23.0 Å². The first kappa shape index (κ1) is 54.0. The molecule has 10 N–H and O–H groups in total. The number of aromatic nitrogens is 6. The van der Waals surface area contributed by atoms with Crippen LogP contribution in [-0.2, 0) is 28.7 Å². The third kappa shape index (κ3) is 12.9. The van der Waals surface area contributed by atoms with Crippen molar-refractivity contribution in [2.45, 2.75) is 58.0 Å². The first-order chi connectivity index (χ1) is 37.4. The monoisotopic (exact) mass is 1060 g/mol. The van der Waals surface area contributed by atoms with Gasteiger partial charge >= 0.3 is 12.1 Å². The number of aromatic amines is 4. The number of ether oxygens (including phenoxy) is 1. The van der Waals surface area contributed by atoms with Gasteiger partial charge in [-0.05, 0) is 80.8 Å². The highest BCUT2D eigenvalue weighted by Crippen LogP contribution is 2.49. The first-order valence-electron chi connectivity index (χ1n) is 24.2. The molecule has 4 atom stereocenters. The largest absolute Gasteiger partial charge is 0.481 e. The Hall–Kier alpha value is -10.3. The fourth-order valence-corrected chi connectivity index (χ4v) is 8.83. The number of nitrogens with zero attached hydrogens (tertiary/aromatic N) is 4. The molecule has 2 saturated carbocycles. The van der Waals surface area contributed by atoms with Crippen molar-refractivity contribution >= 4 is 93.9 Å². The lowest BCUT2D eigenvalue weighted by Crippen LogP contribution is -2.27. The van der Waals surface area contributed by atoms with Crippen LogP contribution >= 0.6 is 0 Å². The molecular formula is C55H52N12O11. The van der Waals surface area contributed by atoms with Crippen LogP contribution in [0.4, 0.5) is 16.2 Å². The SMILES string of the molecule is CC(=O)O.CC(C)(C)OC(=O)Nc1cc2c3c(c(-c4ncc[nH]4)[nH]c3c1)C=NNC2=O.O=C(O)C1C[C@H]1c1ccccc1.O=C1NN=Cc2c(-c3ncc[nH]3)[nH]c3cc(NC(=O)C4C[C@H]4c4ccccc4)cc1c23.O=CC=O. The van der Waals surface area contributed by atoms with Gasteiger partial charge in [0.1, 0.15) is 5.60 Å². The van der Waals surface area contributed by atoms with Crippen LogP contribution in [0.3, 0.4) is 0 Å². The van der Waals surface area contributed by atoms with Crippen LogP contribution in [0.5, 0.6) is 0 Å². The van der Waals surface area contributed by atoms with Gasteiger partial charge in [-0.25, -0.2) is 25.6 Å². The van der Waals surface area contributed by atoms with E-state index < -0.39 is 23.6 Å². The van der Waals surface area contributed by atoms with Gasteiger partial charge in [-0.15, -0.1) is 0 Å².